The van der Waals surface area contributed by atoms with Crippen molar-refractivity contribution in [1.82, 2.24) is 19.4 Å². The molecule has 2 unspecified atom stereocenters. The van der Waals surface area contributed by atoms with Crippen molar-refractivity contribution in [2.24, 2.45) is 0 Å². The Balaban J connectivity index is 1.61. The van der Waals surface area contributed by atoms with Crippen LogP contribution in [0.15, 0.2) is 30.6 Å². The molecule has 0 radical (unpaired) electrons. The molecular weight excluding hydrogens is 383 g/mol. The van der Waals surface area contributed by atoms with Crippen LogP contribution in [0.3, 0.4) is 0 Å². The Bertz CT molecular complexity index is 1000. The zero-order valence-electron chi connectivity index (χ0n) is 14.8. The average Bonchev–Trinajstić information content (AvgIpc) is 3.25. The van der Waals surface area contributed by atoms with Gasteiger partial charge in [0.2, 0.25) is 0 Å². The van der Waals surface area contributed by atoms with E-state index in [1.165, 1.54) is 24.1 Å². The summed E-state index contributed by atoms with van der Waals surface area (Å²) >= 11 is 12.2. The van der Waals surface area contributed by atoms with Crippen LogP contribution in [-0.4, -0.2) is 37.6 Å². The first-order valence-corrected chi connectivity index (χ1v) is 10.1. The van der Waals surface area contributed by atoms with Crippen LogP contribution in [0.5, 0.6) is 0 Å². The fourth-order valence-corrected chi connectivity index (χ4v) is 4.90. The van der Waals surface area contributed by atoms with E-state index in [9.17, 15) is 5.11 Å². The highest BCUT2D eigenvalue weighted by Gasteiger charge is 2.36. The second-order valence-electron chi connectivity index (χ2n) is 7.36. The third-order valence-corrected chi connectivity index (χ3v) is 6.23. The van der Waals surface area contributed by atoms with Gasteiger partial charge in [0.05, 0.1) is 22.3 Å². The Labute approximate surface area is 167 Å². The molecule has 5 rings (SSSR count). The maximum Gasteiger partial charge on any atom is 0.140 e. The van der Waals surface area contributed by atoms with Gasteiger partial charge in [-0.05, 0) is 43.1 Å². The van der Waals surface area contributed by atoms with Crippen LogP contribution in [0.25, 0.3) is 11.0 Å². The van der Waals surface area contributed by atoms with Crippen LogP contribution in [-0.2, 0) is 13.0 Å². The quantitative estimate of drug-likeness (QED) is 0.714. The summed E-state index contributed by atoms with van der Waals surface area (Å²) in [5.41, 5.74) is 4.13. The fourth-order valence-electron chi connectivity index (χ4n) is 4.63. The first-order valence-electron chi connectivity index (χ1n) is 9.32. The third kappa shape index (κ3) is 2.93. The van der Waals surface area contributed by atoms with Gasteiger partial charge in [-0.3, -0.25) is 9.88 Å². The lowest BCUT2D eigenvalue weighted by molar-refractivity contribution is 0.150. The van der Waals surface area contributed by atoms with Gasteiger partial charge in [-0.25, -0.2) is 4.98 Å². The highest BCUT2D eigenvalue weighted by molar-refractivity contribution is 6.31. The Morgan fingerprint density at radius 3 is 2.81 bits per heavy atom. The van der Waals surface area contributed by atoms with Crippen molar-refractivity contribution in [3.63, 3.8) is 0 Å². The Morgan fingerprint density at radius 1 is 1.15 bits per heavy atom. The second kappa shape index (κ2) is 6.74. The molecule has 27 heavy (non-hydrogen) atoms. The molecule has 0 aromatic carbocycles. The summed E-state index contributed by atoms with van der Waals surface area (Å²) in [6.45, 7) is 2.63. The van der Waals surface area contributed by atoms with Crippen molar-refractivity contribution in [1.29, 1.82) is 0 Å². The lowest BCUT2D eigenvalue weighted by Crippen LogP contribution is -2.31. The normalized spacial score (nSPS) is 20.6. The van der Waals surface area contributed by atoms with E-state index in [1.807, 2.05) is 6.07 Å². The smallest absolute Gasteiger partial charge is 0.140 e. The minimum absolute atomic E-state index is 0.418. The van der Waals surface area contributed by atoms with Crippen molar-refractivity contribution in [2.75, 3.05) is 13.1 Å². The number of hydrogen-bond acceptors (Lipinski definition) is 4. The number of pyridine rings is 2. The number of aromatic nitrogens is 3. The number of aliphatic hydroxyl groups is 1. The number of fused-ring (bicyclic) bond motifs is 5. The lowest BCUT2D eigenvalue weighted by Gasteiger charge is -2.31. The molecule has 5 nitrogen and oxygen atoms in total. The Hall–Kier alpha value is -1.66. The maximum atomic E-state index is 10.8. The molecule has 3 aromatic heterocycles. The van der Waals surface area contributed by atoms with Crippen LogP contribution in [0.4, 0.5) is 0 Å². The molecule has 0 bridgehead atoms. The van der Waals surface area contributed by atoms with Crippen molar-refractivity contribution < 1.29 is 5.11 Å². The first-order chi connectivity index (χ1) is 13.1. The molecule has 1 N–H and O–H groups in total. The highest BCUT2D eigenvalue weighted by atomic mass is 35.5. The zero-order chi connectivity index (χ0) is 18.5. The van der Waals surface area contributed by atoms with E-state index < -0.39 is 6.10 Å². The molecule has 5 heterocycles. The van der Waals surface area contributed by atoms with E-state index in [-0.39, 0.29) is 0 Å². The molecule has 0 spiro atoms. The summed E-state index contributed by atoms with van der Waals surface area (Å²) in [6.07, 6.45) is 5.88. The van der Waals surface area contributed by atoms with Gasteiger partial charge in [0.1, 0.15) is 11.8 Å². The van der Waals surface area contributed by atoms with Crippen LogP contribution < -0.4 is 0 Å². The molecule has 1 saturated heterocycles. The van der Waals surface area contributed by atoms with Gasteiger partial charge in [-0.2, -0.15) is 0 Å². The second-order valence-corrected chi connectivity index (χ2v) is 8.23. The number of aliphatic hydroxyl groups excluding tert-OH is 1. The van der Waals surface area contributed by atoms with Gasteiger partial charge in [0.25, 0.3) is 0 Å². The number of hydrogen-bond donors (Lipinski definition) is 1. The largest absolute Gasteiger partial charge is 0.385 e. The molecule has 0 amide bonds. The van der Waals surface area contributed by atoms with Gasteiger partial charge >= 0.3 is 0 Å². The first kappa shape index (κ1) is 17.4. The molecule has 1 fully saturated rings. The molecule has 2 atom stereocenters. The molecule has 3 aromatic rings. The topological polar surface area (TPSA) is 54.2 Å². The van der Waals surface area contributed by atoms with Gasteiger partial charge in [-0.15, -0.1) is 0 Å². The van der Waals surface area contributed by atoms with E-state index in [2.05, 4.69) is 19.4 Å². The number of halogens is 2. The molecule has 7 heteroatoms. The van der Waals surface area contributed by atoms with Crippen molar-refractivity contribution >= 4 is 34.2 Å². The van der Waals surface area contributed by atoms with Crippen molar-refractivity contribution in [3.8, 4) is 0 Å². The van der Waals surface area contributed by atoms with Gasteiger partial charge in [0.15, 0.2) is 0 Å². The lowest BCUT2D eigenvalue weighted by atomic mass is 9.96. The van der Waals surface area contributed by atoms with Crippen molar-refractivity contribution in [3.05, 3.63) is 57.6 Å². The predicted octanol–water partition coefficient (Wildman–Crippen LogP) is 4.16. The Morgan fingerprint density at radius 2 is 2.00 bits per heavy atom. The summed E-state index contributed by atoms with van der Waals surface area (Å²) in [5.74, 6) is 0. The molecule has 2 aliphatic rings. The monoisotopic (exact) mass is 402 g/mol. The highest BCUT2D eigenvalue weighted by Crippen LogP contribution is 2.43. The van der Waals surface area contributed by atoms with E-state index >= 15 is 0 Å². The summed E-state index contributed by atoms with van der Waals surface area (Å²) < 4.78 is 2.16. The minimum atomic E-state index is -0.721. The summed E-state index contributed by atoms with van der Waals surface area (Å²) in [7, 11) is 0. The summed E-state index contributed by atoms with van der Waals surface area (Å²) in [4.78, 5) is 11.5. The maximum absolute atomic E-state index is 10.8. The molecule has 0 saturated carbocycles. The van der Waals surface area contributed by atoms with Gasteiger partial charge in [-0.1, -0.05) is 23.2 Å². The molecule has 140 valence electrons. The van der Waals surface area contributed by atoms with Gasteiger partial charge in [0, 0.05) is 42.5 Å². The number of rotatable bonds is 3. The van der Waals surface area contributed by atoms with Crippen molar-refractivity contribution in [2.45, 2.75) is 38.0 Å². The standard InChI is InChI=1S/C20H20Cl2N4O/c21-12-3-4-15(23-9-12)18(27)11-26-17-5-7-25-6-1-2-16(25)19(17)14-8-13(22)10-24-20(14)26/h3-4,8-10,16,18,27H,1-2,5-7,11H2. The van der Waals surface area contributed by atoms with E-state index in [0.717, 1.165) is 30.5 Å². The SMILES string of the molecule is OC(Cn1c2c(c3cc(Cl)cnc31)C1CCCN1CC2)c1ccc(Cl)cn1. The van der Waals surface area contributed by atoms with E-state index in [4.69, 9.17) is 23.2 Å². The fraction of sp³-hybridized carbons (Fsp3) is 0.400. The van der Waals surface area contributed by atoms with Gasteiger partial charge < -0.3 is 9.67 Å². The van der Waals surface area contributed by atoms with E-state index in [0.29, 0.717) is 28.3 Å². The van der Waals surface area contributed by atoms with Crippen LogP contribution in [0.1, 0.15) is 41.9 Å². The van der Waals surface area contributed by atoms with Crippen LogP contribution >= 0.6 is 23.2 Å². The summed E-state index contributed by atoms with van der Waals surface area (Å²) in [5, 5.41) is 13.1. The average molecular weight is 403 g/mol. The van der Waals surface area contributed by atoms with E-state index in [1.54, 1.807) is 24.5 Å². The molecule has 2 aliphatic heterocycles. The third-order valence-electron chi connectivity index (χ3n) is 5.80. The Kier molecular flexibility index (Phi) is 4.36. The predicted molar refractivity (Wildman–Crippen MR) is 106 cm³/mol. The zero-order valence-corrected chi connectivity index (χ0v) is 16.3. The number of nitrogens with zero attached hydrogens (tertiary/aromatic N) is 4. The van der Waals surface area contributed by atoms with Crippen LogP contribution in [0, 0.1) is 0 Å². The molecule has 0 aliphatic carbocycles. The minimum Gasteiger partial charge on any atom is -0.385 e. The molecular formula is C20H20Cl2N4O. The van der Waals surface area contributed by atoms with Crippen LogP contribution in [0.2, 0.25) is 10.0 Å². The summed E-state index contributed by atoms with van der Waals surface area (Å²) in [6, 6.07) is 5.98.